The fourth-order valence-corrected chi connectivity index (χ4v) is 5.80. The number of halogens is 2. The number of hydrogen-bond acceptors (Lipinski definition) is 5. The standard InChI is InChI=1S/C26H24Cl2N2O2S.CH4O/c1-32-22-5-3-2-4-18(22)23-20(27)12-21-25(24(23)28)30-26(29-21)19(13-31)16-8-10-17(11-9-16)33-14-15-6-7-15;1-2/h2-5,8-12,15,19,31H,6-7,13-14H2,1H3,(H,29,30);2H,1H3. The number of rotatable bonds is 8. The van der Waals surface area contributed by atoms with Gasteiger partial charge in [0.05, 0.1) is 35.2 Å². The van der Waals surface area contributed by atoms with Crippen LogP contribution in [0.25, 0.3) is 22.2 Å². The van der Waals surface area contributed by atoms with Gasteiger partial charge in [0.15, 0.2) is 0 Å². The maximum absolute atomic E-state index is 10.2. The Balaban J connectivity index is 0.00000141. The zero-order valence-corrected chi connectivity index (χ0v) is 21.9. The van der Waals surface area contributed by atoms with E-state index in [9.17, 15) is 5.11 Å². The van der Waals surface area contributed by atoms with Crippen LogP contribution in [0.4, 0.5) is 0 Å². The van der Waals surface area contributed by atoms with Crippen molar-refractivity contribution >= 4 is 46.0 Å². The van der Waals surface area contributed by atoms with Gasteiger partial charge < -0.3 is 19.9 Å². The Morgan fingerprint density at radius 3 is 2.49 bits per heavy atom. The lowest BCUT2D eigenvalue weighted by atomic mass is 9.99. The highest BCUT2D eigenvalue weighted by Gasteiger charge is 2.23. The lowest BCUT2D eigenvalue weighted by Gasteiger charge is -2.12. The summed E-state index contributed by atoms with van der Waals surface area (Å²) in [6.07, 6.45) is 2.71. The van der Waals surface area contributed by atoms with Crippen LogP contribution in [0.3, 0.4) is 0 Å². The highest BCUT2D eigenvalue weighted by molar-refractivity contribution is 7.99. The maximum Gasteiger partial charge on any atom is 0.126 e. The molecule has 5 nitrogen and oxygen atoms in total. The first-order valence-corrected chi connectivity index (χ1v) is 13.1. The first kappa shape index (κ1) is 25.9. The zero-order valence-electron chi connectivity index (χ0n) is 19.6. The Morgan fingerprint density at radius 2 is 1.83 bits per heavy atom. The Morgan fingerprint density at radius 1 is 1.11 bits per heavy atom. The second-order valence-corrected chi connectivity index (χ2v) is 10.2. The number of fused-ring (bicyclic) bond motifs is 1. The quantitative estimate of drug-likeness (QED) is 0.219. The smallest absolute Gasteiger partial charge is 0.126 e. The summed E-state index contributed by atoms with van der Waals surface area (Å²) in [6.45, 7) is -0.0703. The normalized spacial score (nSPS) is 13.9. The van der Waals surface area contributed by atoms with Crippen molar-refractivity contribution < 1.29 is 14.9 Å². The SMILES string of the molecule is CO.COc1ccccc1-c1c(Cl)cc2[nH]c(C(CO)c3ccc(SCC4CC4)cc3)nc2c1Cl. The van der Waals surface area contributed by atoms with Crippen molar-refractivity contribution in [1.29, 1.82) is 0 Å². The van der Waals surface area contributed by atoms with Crippen LogP contribution in [0, 0.1) is 5.92 Å². The van der Waals surface area contributed by atoms with E-state index in [0.717, 1.165) is 29.7 Å². The van der Waals surface area contributed by atoms with E-state index in [-0.39, 0.29) is 12.5 Å². The molecule has 1 unspecified atom stereocenters. The molecule has 1 saturated carbocycles. The number of nitrogens with one attached hydrogen (secondary N) is 1. The fourth-order valence-electron chi connectivity index (χ4n) is 4.01. The molecule has 1 heterocycles. The Bertz CT molecular complexity index is 1290. The summed E-state index contributed by atoms with van der Waals surface area (Å²) in [4.78, 5) is 9.35. The summed E-state index contributed by atoms with van der Waals surface area (Å²) in [7, 11) is 2.62. The molecule has 1 aliphatic carbocycles. The maximum atomic E-state index is 10.2. The molecule has 3 N–H and O–H groups in total. The van der Waals surface area contributed by atoms with Gasteiger partial charge in [0, 0.05) is 28.9 Å². The van der Waals surface area contributed by atoms with Gasteiger partial charge in [0.1, 0.15) is 17.1 Å². The number of methoxy groups -OCH3 is 1. The first-order valence-electron chi connectivity index (χ1n) is 11.4. The molecule has 5 rings (SSSR count). The number of aliphatic hydroxyl groups excluding tert-OH is 2. The van der Waals surface area contributed by atoms with Gasteiger partial charge >= 0.3 is 0 Å². The average Bonchev–Trinajstić information content (AvgIpc) is 3.63. The number of ether oxygens (including phenoxy) is 1. The highest BCUT2D eigenvalue weighted by Crippen LogP contribution is 2.43. The van der Waals surface area contributed by atoms with E-state index in [4.69, 9.17) is 38.0 Å². The monoisotopic (exact) mass is 530 g/mol. The topological polar surface area (TPSA) is 78.4 Å². The number of aromatic nitrogens is 2. The minimum Gasteiger partial charge on any atom is -0.496 e. The number of thioether (sulfide) groups is 1. The summed E-state index contributed by atoms with van der Waals surface area (Å²) in [5.41, 5.74) is 3.83. The van der Waals surface area contributed by atoms with Crippen molar-refractivity contribution in [3.8, 4) is 16.9 Å². The molecular formula is C27H28Cl2N2O3S. The van der Waals surface area contributed by atoms with Crippen molar-refractivity contribution in [2.24, 2.45) is 5.92 Å². The lowest BCUT2D eigenvalue weighted by Crippen LogP contribution is -2.07. The third kappa shape index (κ3) is 5.63. The molecule has 0 amide bonds. The molecule has 0 saturated heterocycles. The number of nitrogens with zero attached hydrogens (tertiary/aromatic N) is 1. The number of aliphatic hydroxyl groups is 2. The fraction of sp³-hybridized carbons (Fsp3) is 0.296. The van der Waals surface area contributed by atoms with Crippen LogP contribution in [0.1, 0.15) is 30.1 Å². The number of hydrogen-bond donors (Lipinski definition) is 3. The molecule has 3 aromatic carbocycles. The van der Waals surface area contributed by atoms with Crippen LogP contribution in [0.5, 0.6) is 5.75 Å². The second-order valence-electron chi connectivity index (χ2n) is 8.32. The molecule has 1 aliphatic rings. The van der Waals surface area contributed by atoms with Crippen LogP contribution in [0.15, 0.2) is 59.5 Å². The number of H-pyrrole nitrogens is 1. The van der Waals surface area contributed by atoms with Crippen LogP contribution >= 0.6 is 35.0 Å². The largest absolute Gasteiger partial charge is 0.496 e. The van der Waals surface area contributed by atoms with Gasteiger partial charge in [-0.1, -0.05) is 53.5 Å². The molecule has 0 aliphatic heterocycles. The summed E-state index contributed by atoms with van der Waals surface area (Å²) < 4.78 is 5.50. The molecule has 0 spiro atoms. The first-order chi connectivity index (χ1) is 17.1. The number of aromatic amines is 1. The van der Waals surface area contributed by atoms with E-state index >= 15 is 0 Å². The van der Waals surface area contributed by atoms with Gasteiger partial charge in [-0.2, -0.15) is 0 Å². The van der Waals surface area contributed by atoms with Gasteiger partial charge in [-0.3, -0.25) is 0 Å². The second kappa shape index (κ2) is 11.7. The minimum atomic E-state index is -0.288. The Hall–Kier alpha value is -2.22. The molecule has 1 aromatic heterocycles. The molecule has 35 heavy (non-hydrogen) atoms. The van der Waals surface area contributed by atoms with Crippen molar-refractivity contribution in [2.45, 2.75) is 23.7 Å². The summed E-state index contributed by atoms with van der Waals surface area (Å²) in [5, 5.41) is 18.2. The third-order valence-electron chi connectivity index (χ3n) is 6.04. The molecular weight excluding hydrogens is 503 g/mol. The molecule has 4 aromatic rings. The zero-order chi connectivity index (χ0) is 24.9. The van der Waals surface area contributed by atoms with Gasteiger partial charge in [0.25, 0.3) is 0 Å². The van der Waals surface area contributed by atoms with Crippen LogP contribution in [0.2, 0.25) is 10.0 Å². The lowest BCUT2D eigenvalue weighted by molar-refractivity contribution is 0.277. The van der Waals surface area contributed by atoms with Crippen molar-refractivity contribution in [1.82, 2.24) is 9.97 Å². The number of benzene rings is 3. The third-order valence-corrected chi connectivity index (χ3v) is 7.95. The molecule has 1 fully saturated rings. The van der Waals surface area contributed by atoms with Crippen molar-refractivity contribution in [3.05, 3.63) is 76.0 Å². The van der Waals surface area contributed by atoms with Gasteiger partial charge in [-0.05, 0) is 48.6 Å². The van der Waals surface area contributed by atoms with E-state index in [1.54, 1.807) is 7.11 Å². The predicted molar refractivity (Wildman–Crippen MR) is 145 cm³/mol. The van der Waals surface area contributed by atoms with Crippen molar-refractivity contribution in [2.75, 3.05) is 26.6 Å². The van der Waals surface area contributed by atoms with Crippen LogP contribution in [-0.4, -0.2) is 46.8 Å². The summed E-state index contributed by atoms with van der Waals surface area (Å²) in [5.74, 6) is 3.11. The van der Waals surface area contributed by atoms with Crippen LogP contribution in [-0.2, 0) is 0 Å². The molecule has 184 valence electrons. The predicted octanol–water partition coefficient (Wildman–Crippen LogP) is 6.78. The Labute approximate surface area is 219 Å². The van der Waals surface area contributed by atoms with E-state index in [1.165, 1.54) is 23.5 Å². The van der Waals surface area contributed by atoms with E-state index < -0.39 is 0 Å². The highest BCUT2D eigenvalue weighted by atomic mass is 35.5. The Kier molecular flexibility index (Phi) is 8.63. The number of para-hydroxylation sites is 1. The average molecular weight is 532 g/mol. The molecule has 0 bridgehead atoms. The van der Waals surface area contributed by atoms with Crippen LogP contribution < -0.4 is 4.74 Å². The van der Waals surface area contributed by atoms with Gasteiger partial charge in [-0.15, -0.1) is 11.8 Å². The van der Waals surface area contributed by atoms with Gasteiger partial charge in [0.2, 0.25) is 0 Å². The molecule has 1 atom stereocenters. The van der Waals surface area contributed by atoms with Crippen molar-refractivity contribution in [3.63, 3.8) is 0 Å². The summed E-state index contributed by atoms with van der Waals surface area (Å²) >= 11 is 15.4. The molecule has 0 radical (unpaired) electrons. The van der Waals surface area contributed by atoms with Gasteiger partial charge in [-0.25, -0.2) is 4.98 Å². The summed E-state index contributed by atoms with van der Waals surface area (Å²) in [6, 6.07) is 17.8. The minimum absolute atomic E-state index is 0.0703. The number of imidazole rings is 1. The molecule has 8 heteroatoms. The van der Waals surface area contributed by atoms with E-state index in [2.05, 4.69) is 29.2 Å². The van der Waals surface area contributed by atoms with E-state index in [0.29, 0.717) is 32.7 Å². The van der Waals surface area contributed by atoms with E-state index in [1.807, 2.05) is 42.1 Å².